The van der Waals surface area contributed by atoms with E-state index in [2.05, 4.69) is 20.1 Å². The fourth-order valence-corrected chi connectivity index (χ4v) is 1.55. The molecule has 7 heteroatoms. The van der Waals surface area contributed by atoms with Gasteiger partial charge in [0.1, 0.15) is 5.82 Å². The van der Waals surface area contributed by atoms with Crippen LogP contribution in [0.25, 0.3) is 5.82 Å². The Labute approximate surface area is 103 Å². The number of nitrogens with zero attached hydrogens (tertiary/aromatic N) is 5. The molecule has 0 amide bonds. The topological polar surface area (TPSA) is 56.5 Å². The molecule has 0 fully saturated rings. The van der Waals surface area contributed by atoms with Crippen molar-refractivity contribution in [2.24, 2.45) is 0 Å². The summed E-state index contributed by atoms with van der Waals surface area (Å²) in [7, 11) is 0. The zero-order valence-corrected chi connectivity index (χ0v) is 10.2. The highest BCUT2D eigenvalue weighted by atomic mass is 35.5. The van der Waals surface area contributed by atoms with Crippen LogP contribution in [0, 0.1) is 5.82 Å². The lowest BCUT2D eigenvalue weighted by Gasteiger charge is -2.04. The molecule has 2 heterocycles. The molecule has 0 saturated heterocycles. The van der Waals surface area contributed by atoms with E-state index in [-0.39, 0.29) is 11.1 Å². The second kappa shape index (κ2) is 4.75. The standard InChI is InChI=1S/C10H11ClFN5/c1-3-7-14-8(4-2)17(16-7)9-6(12)5-13-10(11)15-9/h5H,3-4H2,1-2H3. The van der Waals surface area contributed by atoms with Gasteiger partial charge in [-0.1, -0.05) is 13.8 Å². The highest BCUT2D eigenvalue weighted by molar-refractivity contribution is 6.28. The van der Waals surface area contributed by atoms with E-state index < -0.39 is 5.82 Å². The average molecular weight is 256 g/mol. The van der Waals surface area contributed by atoms with Crippen LogP contribution in [0.2, 0.25) is 5.28 Å². The summed E-state index contributed by atoms with van der Waals surface area (Å²) in [5.74, 6) is 0.761. The SMILES string of the molecule is CCc1nc(CC)n(-c2nc(Cl)ncc2F)n1. The fraction of sp³-hybridized carbons (Fsp3) is 0.400. The van der Waals surface area contributed by atoms with Gasteiger partial charge in [-0.2, -0.15) is 9.67 Å². The van der Waals surface area contributed by atoms with Gasteiger partial charge >= 0.3 is 0 Å². The summed E-state index contributed by atoms with van der Waals surface area (Å²) in [6, 6.07) is 0. The number of hydrogen-bond acceptors (Lipinski definition) is 4. The first-order chi connectivity index (χ1) is 8.15. The molecule has 0 radical (unpaired) electrons. The van der Waals surface area contributed by atoms with E-state index in [1.165, 1.54) is 4.68 Å². The summed E-state index contributed by atoms with van der Waals surface area (Å²) < 4.78 is 15.0. The Bertz CT molecular complexity index is 539. The van der Waals surface area contributed by atoms with Gasteiger partial charge < -0.3 is 0 Å². The molecule has 0 unspecified atom stereocenters. The van der Waals surface area contributed by atoms with Crippen LogP contribution < -0.4 is 0 Å². The molecule has 0 aliphatic carbocycles. The number of aromatic nitrogens is 5. The molecule has 0 atom stereocenters. The molecule has 0 saturated carbocycles. The molecule has 2 aromatic rings. The molecule has 0 aliphatic rings. The maximum atomic E-state index is 13.6. The molecular weight excluding hydrogens is 245 g/mol. The van der Waals surface area contributed by atoms with Crippen LogP contribution in [0.15, 0.2) is 6.20 Å². The van der Waals surface area contributed by atoms with Gasteiger partial charge in [0.25, 0.3) is 0 Å². The second-order valence-electron chi connectivity index (χ2n) is 3.37. The van der Waals surface area contributed by atoms with Crippen LogP contribution in [0.5, 0.6) is 0 Å². The van der Waals surface area contributed by atoms with Crippen LogP contribution in [-0.2, 0) is 12.8 Å². The second-order valence-corrected chi connectivity index (χ2v) is 3.71. The van der Waals surface area contributed by atoms with Gasteiger partial charge in [-0.05, 0) is 11.6 Å². The van der Waals surface area contributed by atoms with Crippen molar-refractivity contribution in [3.8, 4) is 5.82 Å². The molecule has 90 valence electrons. The smallest absolute Gasteiger partial charge is 0.223 e. The van der Waals surface area contributed by atoms with Crippen molar-refractivity contribution in [1.29, 1.82) is 0 Å². The average Bonchev–Trinajstić information content (AvgIpc) is 2.75. The van der Waals surface area contributed by atoms with Crippen LogP contribution in [0.1, 0.15) is 25.5 Å². The Morgan fingerprint density at radius 3 is 2.71 bits per heavy atom. The van der Waals surface area contributed by atoms with E-state index in [1.807, 2.05) is 13.8 Å². The van der Waals surface area contributed by atoms with Gasteiger partial charge in [0.15, 0.2) is 17.5 Å². The summed E-state index contributed by atoms with van der Waals surface area (Å²) >= 11 is 5.65. The van der Waals surface area contributed by atoms with E-state index in [0.29, 0.717) is 24.5 Å². The van der Waals surface area contributed by atoms with Gasteiger partial charge in [-0.3, -0.25) is 0 Å². The predicted octanol–water partition coefficient (Wildman–Crippen LogP) is 1.97. The molecular formula is C10H11ClFN5. The lowest BCUT2D eigenvalue weighted by molar-refractivity contribution is 0.586. The van der Waals surface area contributed by atoms with Crippen LogP contribution in [0.3, 0.4) is 0 Å². The number of aryl methyl sites for hydroxylation is 2. The number of halogens is 2. The zero-order valence-electron chi connectivity index (χ0n) is 9.48. The Balaban J connectivity index is 2.58. The van der Waals surface area contributed by atoms with Crippen molar-refractivity contribution in [2.75, 3.05) is 0 Å². The molecule has 0 aromatic carbocycles. The lowest BCUT2D eigenvalue weighted by Crippen LogP contribution is -2.08. The zero-order chi connectivity index (χ0) is 12.4. The summed E-state index contributed by atoms with van der Waals surface area (Å²) in [6.07, 6.45) is 2.34. The van der Waals surface area contributed by atoms with E-state index in [9.17, 15) is 4.39 Å². The molecule has 5 nitrogen and oxygen atoms in total. The van der Waals surface area contributed by atoms with Crippen molar-refractivity contribution in [3.63, 3.8) is 0 Å². The number of rotatable bonds is 3. The molecule has 0 N–H and O–H groups in total. The van der Waals surface area contributed by atoms with E-state index in [0.717, 1.165) is 6.20 Å². The lowest BCUT2D eigenvalue weighted by atomic mass is 10.4. The van der Waals surface area contributed by atoms with Crippen molar-refractivity contribution in [2.45, 2.75) is 26.7 Å². The summed E-state index contributed by atoms with van der Waals surface area (Å²) in [4.78, 5) is 11.7. The molecule has 17 heavy (non-hydrogen) atoms. The first kappa shape index (κ1) is 11.9. The van der Waals surface area contributed by atoms with Gasteiger partial charge in [-0.25, -0.2) is 14.4 Å². The summed E-state index contributed by atoms with van der Waals surface area (Å²) in [5, 5.41) is 4.17. The largest absolute Gasteiger partial charge is 0.224 e. The minimum atomic E-state index is -0.573. The maximum Gasteiger partial charge on any atom is 0.224 e. The molecule has 0 bridgehead atoms. The van der Waals surface area contributed by atoms with Crippen molar-refractivity contribution in [1.82, 2.24) is 24.7 Å². The fourth-order valence-electron chi connectivity index (χ4n) is 1.43. The van der Waals surface area contributed by atoms with Crippen molar-refractivity contribution in [3.05, 3.63) is 28.9 Å². The van der Waals surface area contributed by atoms with Crippen molar-refractivity contribution < 1.29 is 4.39 Å². The van der Waals surface area contributed by atoms with Gasteiger partial charge in [0.2, 0.25) is 5.28 Å². The van der Waals surface area contributed by atoms with Gasteiger partial charge in [0, 0.05) is 12.8 Å². The quantitative estimate of drug-likeness (QED) is 0.787. The third-order valence-electron chi connectivity index (χ3n) is 2.25. The molecule has 2 rings (SSSR count). The van der Waals surface area contributed by atoms with Crippen LogP contribution in [0.4, 0.5) is 4.39 Å². The number of hydrogen-bond donors (Lipinski definition) is 0. The Kier molecular flexibility index (Phi) is 3.33. The third kappa shape index (κ3) is 2.26. The maximum absolute atomic E-state index is 13.6. The third-order valence-corrected chi connectivity index (χ3v) is 2.43. The van der Waals surface area contributed by atoms with Gasteiger partial charge in [0.05, 0.1) is 6.20 Å². The minimum absolute atomic E-state index is 0.0167. The van der Waals surface area contributed by atoms with Crippen LogP contribution >= 0.6 is 11.6 Å². The molecule has 0 aliphatic heterocycles. The Morgan fingerprint density at radius 1 is 1.29 bits per heavy atom. The monoisotopic (exact) mass is 255 g/mol. The van der Waals surface area contributed by atoms with E-state index in [4.69, 9.17) is 11.6 Å². The summed E-state index contributed by atoms with van der Waals surface area (Å²) in [6.45, 7) is 3.85. The van der Waals surface area contributed by atoms with Crippen LogP contribution in [-0.4, -0.2) is 24.7 Å². The van der Waals surface area contributed by atoms with Crippen molar-refractivity contribution >= 4 is 11.6 Å². The predicted molar refractivity (Wildman–Crippen MR) is 60.7 cm³/mol. The molecule has 2 aromatic heterocycles. The highest BCUT2D eigenvalue weighted by Gasteiger charge is 2.15. The Hall–Kier alpha value is -1.56. The summed E-state index contributed by atoms with van der Waals surface area (Å²) in [5.41, 5.74) is 0. The van der Waals surface area contributed by atoms with Gasteiger partial charge in [-0.15, -0.1) is 5.10 Å². The highest BCUT2D eigenvalue weighted by Crippen LogP contribution is 2.14. The first-order valence-corrected chi connectivity index (χ1v) is 5.66. The first-order valence-electron chi connectivity index (χ1n) is 5.29. The van der Waals surface area contributed by atoms with E-state index >= 15 is 0 Å². The Morgan fingerprint density at radius 2 is 2.06 bits per heavy atom. The molecule has 0 spiro atoms. The minimum Gasteiger partial charge on any atom is -0.223 e. The normalized spacial score (nSPS) is 10.8. The van der Waals surface area contributed by atoms with E-state index in [1.54, 1.807) is 0 Å².